The number of fused-ring (bicyclic) bond motifs is 1. The van der Waals surface area contributed by atoms with Gasteiger partial charge in [0.05, 0.1) is 5.00 Å². The Labute approximate surface area is 118 Å². The number of rotatable bonds is 3. The Hall–Kier alpha value is -1.48. The molecule has 3 heteroatoms. The molecule has 0 spiro atoms. The van der Waals surface area contributed by atoms with Gasteiger partial charge in [-0.2, -0.15) is 0 Å². The van der Waals surface area contributed by atoms with Crippen molar-refractivity contribution >= 4 is 22.0 Å². The summed E-state index contributed by atoms with van der Waals surface area (Å²) in [6.07, 6.45) is 3.55. The maximum atomic E-state index is 5.81. The van der Waals surface area contributed by atoms with Crippen molar-refractivity contribution in [3.63, 3.8) is 0 Å². The zero-order valence-electron chi connectivity index (χ0n) is 11.3. The first kappa shape index (κ1) is 12.5. The Balaban J connectivity index is 1.79. The molecule has 0 bridgehead atoms. The van der Waals surface area contributed by atoms with E-state index in [1.165, 1.54) is 35.5 Å². The van der Waals surface area contributed by atoms with Crippen LogP contribution < -0.4 is 10.6 Å². The lowest BCUT2D eigenvalue weighted by Crippen LogP contribution is -2.38. The normalized spacial score (nSPS) is 16.2. The van der Waals surface area contributed by atoms with Crippen LogP contribution in [0.1, 0.15) is 23.8 Å². The molecule has 2 nitrogen and oxygen atoms in total. The van der Waals surface area contributed by atoms with Crippen LogP contribution in [-0.4, -0.2) is 12.6 Å². The largest absolute Gasteiger partial charge is 0.391 e. The number of hydrogen-bond acceptors (Lipinski definition) is 3. The van der Waals surface area contributed by atoms with Crippen molar-refractivity contribution in [3.05, 3.63) is 46.8 Å². The molecule has 0 radical (unpaired) electrons. The van der Waals surface area contributed by atoms with Gasteiger partial charge in [0.15, 0.2) is 0 Å². The standard InChI is InChI=1S/C16H20N2S/c1-12(11-14-8-9-16(17)19-14)18-10-4-6-13-5-2-3-7-15(13)18/h2-3,5,7-9,12H,4,6,10-11,17H2,1H3. The first-order valence-electron chi connectivity index (χ1n) is 6.93. The average Bonchev–Trinajstić information content (AvgIpc) is 2.83. The molecule has 2 N–H and O–H groups in total. The van der Waals surface area contributed by atoms with E-state index in [2.05, 4.69) is 42.2 Å². The Morgan fingerprint density at radius 2 is 2.11 bits per heavy atom. The van der Waals surface area contributed by atoms with Crippen molar-refractivity contribution in [2.24, 2.45) is 0 Å². The fourth-order valence-corrected chi connectivity index (χ4v) is 3.83. The smallest absolute Gasteiger partial charge is 0.0859 e. The summed E-state index contributed by atoms with van der Waals surface area (Å²) in [5.74, 6) is 0. The summed E-state index contributed by atoms with van der Waals surface area (Å²) in [7, 11) is 0. The highest BCUT2D eigenvalue weighted by Crippen LogP contribution is 2.30. The summed E-state index contributed by atoms with van der Waals surface area (Å²) >= 11 is 1.71. The Kier molecular flexibility index (Phi) is 3.47. The molecule has 0 aliphatic carbocycles. The summed E-state index contributed by atoms with van der Waals surface area (Å²) in [5.41, 5.74) is 8.73. The maximum absolute atomic E-state index is 5.81. The van der Waals surface area contributed by atoms with E-state index in [-0.39, 0.29) is 0 Å². The van der Waals surface area contributed by atoms with E-state index in [4.69, 9.17) is 5.73 Å². The summed E-state index contributed by atoms with van der Waals surface area (Å²) in [5, 5.41) is 0.918. The minimum atomic E-state index is 0.527. The summed E-state index contributed by atoms with van der Waals surface area (Å²) < 4.78 is 0. The highest BCUT2D eigenvalue weighted by molar-refractivity contribution is 7.15. The molecule has 100 valence electrons. The van der Waals surface area contributed by atoms with Crippen LogP contribution in [0.25, 0.3) is 0 Å². The molecule has 19 heavy (non-hydrogen) atoms. The fourth-order valence-electron chi connectivity index (χ4n) is 2.93. The van der Waals surface area contributed by atoms with E-state index in [1.54, 1.807) is 11.3 Å². The molecule has 2 aromatic rings. The van der Waals surface area contributed by atoms with Gasteiger partial charge in [0.25, 0.3) is 0 Å². The van der Waals surface area contributed by atoms with Gasteiger partial charge in [0.2, 0.25) is 0 Å². The molecule has 1 aliphatic heterocycles. The van der Waals surface area contributed by atoms with Crippen LogP contribution in [-0.2, 0) is 12.8 Å². The van der Waals surface area contributed by atoms with Gasteiger partial charge in [0.1, 0.15) is 0 Å². The van der Waals surface area contributed by atoms with Crippen LogP contribution in [0.4, 0.5) is 10.7 Å². The molecule has 1 atom stereocenters. The third-order valence-electron chi connectivity index (χ3n) is 3.86. The third kappa shape index (κ3) is 2.61. The minimum absolute atomic E-state index is 0.527. The van der Waals surface area contributed by atoms with Crippen LogP contribution >= 0.6 is 11.3 Å². The predicted molar refractivity (Wildman–Crippen MR) is 84.0 cm³/mol. The first-order valence-corrected chi connectivity index (χ1v) is 7.74. The summed E-state index contributed by atoms with van der Waals surface area (Å²) in [4.78, 5) is 3.93. The number of nitrogens with zero attached hydrogens (tertiary/aromatic N) is 1. The molecule has 1 aliphatic rings. The molecule has 0 fully saturated rings. The SMILES string of the molecule is CC(Cc1ccc(N)s1)N1CCCc2ccccc21. The Morgan fingerprint density at radius 3 is 2.89 bits per heavy atom. The lowest BCUT2D eigenvalue weighted by molar-refractivity contribution is 0.593. The van der Waals surface area contributed by atoms with Gasteiger partial charge in [-0.3, -0.25) is 0 Å². The summed E-state index contributed by atoms with van der Waals surface area (Å²) in [6, 6.07) is 13.5. The highest BCUT2D eigenvalue weighted by atomic mass is 32.1. The van der Waals surface area contributed by atoms with Crippen LogP contribution in [0.2, 0.25) is 0 Å². The predicted octanol–water partition coefficient (Wildman–Crippen LogP) is 3.71. The molecule has 0 saturated heterocycles. The van der Waals surface area contributed by atoms with Crippen molar-refractivity contribution < 1.29 is 0 Å². The zero-order valence-corrected chi connectivity index (χ0v) is 12.1. The quantitative estimate of drug-likeness (QED) is 0.923. The van der Waals surface area contributed by atoms with E-state index in [0.717, 1.165) is 11.4 Å². The number of aryl methyl sites for hydroxylation is 1. The zero-order chi connectivity index (χ0) is 13.2. The third-order valence-corrected chi connectivity index (χ3v) is 4.79. The lowest BCUT2D eigenvalue weighted by Gasteiger charge is -2.36. The second-order valence-electron chi connectivity index (χ2n) is 5.28. The number of benzene rings is 1. The fraction of sp³-hybridized carbons (Fsp3) is 0.375. The molecule has 3 rings (SSSR count). The van der Waals surface area contributed by atoms with Gasteiger partial charge < -0.3 is 10.6 Å². The molecule has 0 saturated carbocycles. The molecule has 2 heterocycles. The lowest BCUT2D eigenvalue weighted by atomic mass is 9.99. The van der Waals surface area contributed by atoms with Crippen molar-refractivity contribution in [2.45, 2.75) is 32.2 Å². The Morgan fingerprint density at radius 1 is 1.26 bits per heavy atom. The van der Waals surface area contributed by atoms with Gasteiger partial charge >= 0.3 is 0 Å². The Bertz CT molecular complexity index is 561. The highest BCUT2D eigenvalue weighted by Gasteiger charge is 2.21. The second kappa shape index (κ2) is 5.25. The molecule has 1 unspecified atom stereocenters. The van der Waals surface area contributed by atoms with E-state index < -0.39 is 0 Å². The monoisotopic (exact) mass is 272 g/mol. The van der Waals surface area contributed by atoms with Crippen LogP contribution in [0.5, 0.6) is 0 Å². The average molecular weight is 272 g/mol. The van der Waals surface area contributed by atoms with Crippen LogP contribution in [0, 0.1) is 0 Å². The molecule has 1 aromatic carbocycles. The van der Waals surface area contributed by atoms with Gasteiger partial charge in [-0.05, 0) is 43.5 Å². The second-order valence-corrected chi connectivity index (χ2v) is 6.48. The number of anilines is 2. The topological polar surface area (TPSA) is 29.3 Å². The van der Waals surface area contributed by atoms with Gasteiger partial charge in [0, 0.05) is 29.6 Å². The van der Waals surface area contributed by atoms with Gasteiger partial charge in [-0.15, -0.1) is 11.3 Å². The van der Waals surface area contributed by atoms with Crippen molar-refractivity contribution in [1.29, 1.82) is 0 Å². The molecular formula is C16H20N2S. The summed E-state index contributed by atoms with van der Waals surface area (Å²) in [6.45, 7) is 3.48. The molecular weight excluding hydrogens is 252 g/mol. The molecule has 0 amide bonds. The van der Waals surface area contributed by atoms with E-state index in [1.807, 2.05) is 6.07 Å². The number of thiophene rings is 1. The molecule has 1 aromatic heterocycles. The van der Waals surface area contributed by atoms with Crippen molar-refractivity contribution in [3.8, 4) is 0 Å². The van der Waals surface area contributed by atoms with Gasteiger partial charge in [-0.1, -0.05) is 18.2 Å². The number of nitrogen functional groups attached to an aromatic ring is 1. The van der Waals surface area contributed by atoms with E-state index >= 15 is 0 Å². The van der Waals surface area contributed by atoms with Crippen molar-refractivity contribution in [2.75, 3.05) is 17.2 Å². The van der Waals surface area contributed by atoms with Crippen LogP contribution in [0.3, 0.4) is 0 Å². The first-order chi connectivity index (χ1) is 9.24. The minimum Gasteiger partial charge on any atom is -0.391 e. The van der Waals surface area contributed by atoms with Crippen LogP contribution in [0.15, 0.2) is 36.4 Å². The van der Waals surface area contributed by atoms with Crippen molar-refractivity contribution in [1.82, 2.24) is 0 Å². The maximum Gasteiger partial charge on any atom is 0.0859 e. The number of hydrogen-bond donors (Lipinski definition) is 1. The van der Waals surface area contributed by atoms with E-state index in [9.17, 15) is 0 Å². The van der Waals surface area contributed by atoms with Gasteiger partial charge in [-0.25, -0.2) is 0 Å². The van der Waals surface area contributed by atoms with E-state index in [0.29, 0.717) is 6.04 Å². The number of para-hydroxylation sites is 1. The number of nitrogens with two attached hydrogens (primary N) is 1.